The minimum absolute atomic E-state index is 0.311. The summed E-state index contributed by atoms with van der Waals surface area (Å²) in [4.78, 5) is 14.4. The molecule has 1 aliphatic carbocycles. The molecule has 1 atom stereocenters. The highest BCUT2D eigenvalue weighted by Gasteiger charge is 2.32. The maximum absolute atomic E-state index is 10.3. The van der Waals surface area contributed by atoms with Crippen molar-refractivity contribution < 1.29 is 4.79 Å². The second-order valence-corrected chi connectivity index (χ2v) is 4.83. The molecule has 1 saturated carbocycles. The van der Waals surface area contributed by atoms with Gasteiger partial charge in [-0.2, -0.15) is 5.10 Å². The maximum atomic E-state index is 10.3. The molecule has 6 nitrogen and oxygen atoms in total. The topological polar surface area (TPSA) is 93.8 Å². The molecule has 1 aliphatic rings. The number of rotatable bonds is 4. The minimum atomic E-state index is 0.311. The van der Waals surface area contributed by atoms with Gasteiger partial charge in [-0.05, 0) is 6.42 Å². The van der Waals surface area contributed by atoms with Crippen LogP contribution in [0.2, 0.25) is 0 Å². The predicted molar refractivity (Wildman–Crippen MR) is 81.1 cm³/mol. The summed E-state index contributed by atoms with van der Waals surface area (Å²) in [6.45, 7) is 2.12. The van der Waals surface area contributed by atoms with E-state index in [2.05, 4.69) is 27.5 Å². The Hall–Kier alpha value is -2.34. The maximum Gasteiger partial charge on any atom is 0.257 e. The lowest BCUT2D eigenvalue weighted by Crippen LogP contribution is -2.11. The van der Waals surface area contributed by atoms with Gasteiger partial charge >= 0.3 is 0 Å². The molecule has 3 N–H and O–H groups in total. The van der Waals surface area contributed by atoms with Crippen molar-refractivity contribution in [2.75, 3.05) is 5.43 Å². The van der Waals surface area contributed by atoms with E-state index in [0.29, 0.717) is 17.6 Å². The van der Waals surface area contributed by atoms with Crippen molar-refractivity contribution >= 4 is 11.7 Å². The summed E-state index contributed by atoms with van der Waals surface area (Å²) in [6, 6.07) is 9.72. The first-order valence-corrected chi connectivity index (χ1v) is 6.99. The van der Waals surface area contributed by atoms with Crippen LogP contribution < -0.4 is 11.3 Å². The number of hydrogen-bond donors (Lipinski definition) is 2. The molecule has 0 saturated heterocycles. The van der Waals surface area contributed by atoms with Crippen LogP contribution in [0.5, 0.6) is 0 Å². The Balaban J connectivity index is 0.000000194. The fraction of sp³-hybridized carbons (Fsp3) is 0.333. The van der Waals surface area contributed by atoms with Gasteiger partial charge in [0.05, 0.1) is 11.9 Å². The number of aromatic nitrogens is 3. The third-order valence-corrected chi connectivity index (χ3v) is 3.14. The zero-order chi connectivity index (χ0) is 15.1. The highest BCUT2D eigenvalue weighted by Crippen LogP contribution is 2.28. The number of hydrogen-bond acceptors (Lipinski definition) is 6. The Kier molecular flexibility index (Phi) is 5.34. The number of nitrogens with zero attached hydrogens (tertiary/aromatic N) is 3. The van der Waals surface area contributed by atoms with E-state index in [4.69, 9.17) is 5.84 Å². The van der Waals surface area contributed by atoms with Gasteiger partial charge in [-0.3, -0.25) is 10.2 Å². The van der Waals surface area contributed by atoms with Crippen LogP contribution in [0, 0.1) is 5.92 Å². The van der Waals surface area contributed by atoms with E-state index in [0.717, 1.165) is 30.5 Å². The lowest BCUT2D eigenvalue weighted by Gasteiger charge is -2.00. The smallest absolute Gasteiger partial charge is 0.257 e. The first-order chi connectivity index (χ1) is 10.2. The normalized spacial score (nSPS) is 15.9. The van der Waals surface area contributed by atoms with E-state index in [1.165, 1.54) is 0 Å². The highest BCUT2D eigenvalue weighted by molar-refractivity contribution is 5.95. The average molecular weight is 285 g/mol. The van der Waals surface area contributed by atoms with Gasteiger partial charge in [0, 0.05) is 17.9 Å². The van der Waals surface area contributed by atoms with Crippen LogP contribution in [0.25, 0.3) is 11.3 Å². The summed E-state index contributed by atoms with van der Waals surface area (Å²) in [5.74, 6) is 6.44. The van der Waals surface area contributed by atoms with Crippen LogP contribution in [0.4, 0.5) is 5.95 Å². The lowest BCUT2D eigenvalue weighted by molar-refractivity contribution is -0.111. The molecule has 6 heteroatoms. The Morgan fingerprint density at radius 2 is 2.05 bits per heavy atom. The number of carbonyl (C=O) groups excluding carboxylic acids is 1. The molecular weight excluding hydrogens is 266 g/mol. The van der Waals surface area contributed by atoms with Crippen LogP contribution >= 0.6 is 0 Å². The van der Waals surface area contributed by atoms with E-state index in [1.807, 2.05) is 30.3 Å². The first kappa shape index (κ1) is 15.1. The zero-order valence-corrected chi connectivity index (χ0v) is 12.0. The first-order valence-electron chi connectivity index (χ1n) is 6.99. The van der Waals surface area contributed by atoms with Crippen molar-refractivity contribution in [1.29, 1.82) is 0 Å². The van der Waals surface area contributed by atoms with E-state index in [-0.39, 0.29) is 0 Å². The molecule has 2 aromatic rings. The number of nitrogens with one attached hydrogen (secondary N) is 1. The largest absolute Gasteiger partial charge is 0.299 e. The van der Waals surface area contributed by atoms with E-state index in [1.54, 1.807) is 6.20 Å². The number of benzene rings is 1. The quantitative estimate of drug-likeness (QED) is 0.660. The molecule has 1 heterocycles. The van der Waals surface area contributed by atoms with Crippen molar-refractivity contribution in [3.8, 4) is 11.3 Å². The van der Waals surface area contributed by atoms with Gasteiger partial charge in [-0.25, -0.2) is 10.8 Å². The second-order valence-electron chi connectivity index (χ2n) is 4.83. The highest BCUT2D eigenvalue weighted by atomic mass is 16.1. The third kappa shape index (κ3) is 4.61. The Morgan fingerprint density at radius 3 is 2.57 bits per heavy atom. The molecule has 110 valence electrons. The molecule has 21 heavy (non-hydrogen) atoms. The predicted octanol–water partition coefficient (Wildman–Crippen LogP) is 2.20. The summed E-state index contributed by atoms with van der Waals surface area (Å²) in [6.07, 6.45) is 4.75. The number of anilines is 1. The third-order valence-electron chi connectivity index (χ3n) is 3.14. The lowest BCUT2D eigenvalue weighted by atomic mass is 10.2. The molecule has 1 fully saturated rings. The number of hydrazine groups is 1. The van der Waals surface area contributed by atoms with E-state index < -0.39 is 0 Å². The summed E-state index contributed by atoms with van der Waals surface area (Å²) in [5.41, 5.74) is 4.08. The number of carbonyl (C=O) groups is 1. The minimum Gasteiger partial charge on any atom is -0.299 e. The molecule has 0 aliphatic heterocycles. The van der Waals surface area contributed by atoms with Crippen LogP contribution in [-0.2, 0) is 4.79 Å². The number of ketones is 1. The standard InChI is InChI=1S/C9H9N5.C6H10O/c10-13-9-12-8(6-11-14-9)7-4-2-1-3-5-7;1-2-3-5-4-6(5)7/h1-6H,10H2,(H,12,13,14);5H,2-4H2,1H3. The van der Waals surface area contributed by atoms with E-state index >= 15 is 0 Å². The fourth-order valence-corrected chi connectivity index (χ4v) is 1.91. The molecule has 1 unspecified atom stereocenters. The van der Waals surface area contributed by atoms with Crippen molar-refractivity contribution in [1.82, 2.24) is 15.2 Å². The summed E-state index contributed by atoms with van der Waals surface area (Å²) < 4.78 is 0. The number of nitrogens with two attached hydrogens (primary N) is 1. The molecular formula is C15H19N5O. The molecule has 3 rings (SSSR count). The fourth-order valence-electron chi connectivity index (χ4n) is 1.91. The Morgan fingerprint density at radius 1 is 1.33 bits per heavy atom. The van der Waals surface area contributed by atoms with Gasteiger partial charge in [0.1, 0.15) is 5.78 Å². The molecule has 1 aromatic heterocycles. The SMILES string of the molecule is CCCC1CC1=O.NNc1nncc(-c2ccccc2)n1. The van der Waals surface area contributed by atoms with E-state index in [9.17, 15) is 4.79 Å². The van der Waals surface area contributed by atoms with Crippen molar-refractivity contribution in [2.24, 2.45) is 11.8 Å². The van der Waals surface area contributed by atoms with Crippen LogP contribution in [-0.4, -0.2) is 21.0 Å². The molecule has 0 spiro atoms. The summed E-state index contributed by atoms with van der Waals surface area (Å²) in [7, 11) is 0. The van der Waals surface area contributed by atoms with Crippen molar-refractivity contribution in [2.45, 2.75) is 26.2 Å². The van der Waals surface area contributed by atoms with Gasteiger partial charge in [0.15, 0.2) is 0 Å². The zero-order valence-electron chi connectivity index (χ0n) is 12.0. The summed E-state index contributed by atoms with van der Waals surface area (Å²) in [5, 5.41) is 7.46. The van der Waals surface area contributed by atoms with Crippen LogP contribution in [0.1, 0.15) is 26.2 Å². The molecule has 0 amide bonds. The van der Waals surface area contributed by atoms with Gasteiger partial charge in [0.2, 0.25) is 0 Å². The van der Waals surface area contributed by atoms with Crippen LogP contribution in [0.15, 0.2) is 36.5 Å². The Bertz CT molecular complexity index is 588. The molecule has 0 radical (unpaired) electrons. The van der Waals surface area contributed by atoms with Gasteiger partial charge in [-0.1, -0.05) is 43.7 Å². The number of Topliss-reactive ketones (excluding diaryl/α,β-unsaturated/α-hetero) is 1. The molecule has 0 bridgehead atoms. The van der Waals surface area contributed by atoms with Gasteiger partial charge in [0.25, 0.3) is 5.95 Å². The molecule has 1 aromatic carbocycles. The van der Waals surface area contributed by atoms with Gasteiger partial charge in [-0.15, -0.1) is 5.10 Å². The second kappa shape index (κ2) is 7.44. The Labute approximate surface area is 123 Å². The number of nitrogen functional groups attached to an aromatic ring is 1. The average Bonchev–Trinajstić information content (AvgIpc) is 3.24. The monoisotopic (exact) mass is 285 g/mol. The van der Waals surface area contributed by atoms with Crippen molar-refractivity contribution in [3.05, 3.63) is 36.5 Å². The summed E-state index contributed by atoms with van der Waals surface area (Å²) >= 11 is 0. The van der Waals surface area contributed by atoms with Crippen molar-refractivity contribution in [3.63, 3.8) is 0 Å². The van der Waals surface area contributed by atoms with Gasteiger partial charge < -0.3 is 0 Å². The van der Waals surface area contributed by atoms with Crippen LogP contribution in [0.3, 0.4) is 0 Å².